The minimum atomic E-state index is -1.58. The van der Waals surface area contributed by atoms with Crippen molar-refractivity contribution >= 4 is 5.91 Å². The number of unbranched alkanes of at least 4 members (excludes halogenated alkanes) is 22. The zero-order valence-corrected chi connectivity index (χ0v) is 51.2. The fraction of sp³-hybridized carbons (Fsp3) is 0.653. The molecular weight excluding hydrogens is 1010 g/mol. The third-order valence-corrected chi connectivity index (χ3v) is 14.4. The standard InChI is InChI=1S/C72H119NO8/c1-3-5-7-9-11-13-15-17-19-21-23-24-25-26-27-28-29-30-31-32-33-34-35-36-37-38-39-40-41-42-44-46-48-50-52-54-56-58-60-62-68(76)73-65(64-80-72-71(79)70(78)69(77)67(63-74)81-72)66(75)61-59-57-55-53-51-49-47-45-43-22-20-18-16-14-12-10-8-6-4-2/h5,7,11,13,17,19,23-24,26-27,29-30,32-33,35-36,38-39,41-42,46,48,59,61,65-67,69-72,74-75,77-79H,3-4,6,8-10,12,14-16,18,20-22,25,28,31,34,37,40,43-45,47,49-58,60,62-64H2,1-2H3,(H,73,76)/b7-5-,13-11-,19-17-,24-23-,27-26-,30-29-,33-32-,36-35-,39-38-,42-41-,48-46-,61-59+. The molecule has 1 amide bonds. The summed E-state index contributed by atoms with van der Waals surface area (Å²) in [7, 11) is 0. The molecule has 7 atom stereocenters. The predicted molar refractivity (Wildman–Crippen MR) is 345 cm³/mol. The number of aliphatic hydroxyl groups excluding tert-OH is 5. The summed E-state index contributed by atoms with van der Waals surface area (Å²) < 4.78 is 11.3. The molecule has 0 bridgehead atoms. The van der Waals surface area contributed by atoms with Gasteiger partial charge in [-0.25, -0.2) is 0 Å². The Kier molecular flexibility index (Phi) is 54.9. The lowest BCUT2D eigenvalue weighted by molar-refractivity contribution is -0.302. The van der Waals surface area contributed by atoms with Crippen LogP contribution in [0.3, 0.4) is 0 Å². The molecule has 460 valence electrons. The second-order valence-electron chi connectivity index (χ2n) is 21.8. The van der Waals surface area contributed by atoms with Crippen molar-refractivity contribution in [2.24, 2.45) is 0 Å². The predicted octanol–water partition coefficient (Wildman–Crippen LogP) is 17.4. The average Bonchev–Trinajstić information content (AvgIpc) is 3.48. The third kappa shape index (κ3) is 48.2. The Hall–Kier alpha value is -3.93. The molecule has 0 aromatic heterocycles. The Morgan fingerprint density at radius 1 is 0.432 bits per heavy atom. The van der Waals surface area contributed by atoms with Crippen LogP contribution in [0.15, 0.2) is 146 Å². The summed E-state index contributed by atoms with van der Waals surface area (Å²) in [5.41, 5.74) is 0. The summed E-state index contributed by atoms with van der Waals surface area (Å²) in [5, 5.41) is 54.6. The van der Waals surface area contributed by atoms with E-state index in [0.717, 1.165) is 128 Å². The van der Waals surface area contributed by atoms with Gasteiger partial charge in [0.2, 0.25) is 5.91 Å². The number of hydrogen-bond acceptors (Lipinski definition) is 8. The molecule has 1 aliphatic rings. The molecule has 1 heterocycles. The quantitative estimate of drug-likeness (QED) is 0.0261. The van der Waals surface area contributed by atoms with E-state index >= 15 is 0 Å². The summed E-state index contributed by atoms with van der Waals surface area (Å²) in [5.74, 6) is -0.200. The number of carbonyl (C=O) groups is 1. The van der Waals surface area contributed by atoms with Crippen LogP contribution in [0.4, 0.5) is 0 Å². The van der Waals surface area contributed by atoms with Crippen LogP contribution in [-0.2, 0) is 14.3 Å². The van der Waals surface area contributed by atoms with Crippen LogP contribution in [-0.4, -0.2) is 87.5 Å². The van der Waals surface area contributed by atoms with Gasteiger partial charge in [0.15, 0.2) is 6.29 Å². The van der Waals surface area contributed by atoms with Crippen LogP contribution < -0.4 is 5.32 Å². The second-order valence-corrected chi connectivity index (χ2v) is 21.8. The first-order chi connectivity index (χ1) is 39.8. The van der Waals surface area contributed by atoms with Crippen molar-refractivity contribution < 1.29 is 39.8 Å². The van der Waals surface area contributed by atoms with Gasteiger partial charge in [-0.05, 0) is 103 Å². The monoisotopic (exact) mass is 1130 g/mol. The molecule has 1 saturated heterocycles. The highest BCUT2D eigenvalue weighted by Crippen LogP contribution is 2.23. The first-order valence-corrected chi connectivity index (χ1v) is 32.6. The zero-order valence-electron chi connectivity index (χ0n) is 51.2. The maximum atomic E-state index is 13.1. The van der Waals surface area contributed by atoms with Gasteiger partial charge in [-0.2, -0.15) is 0 Å². The van der Waals surface area contributed by atoms with E-state index in [2.05, 4.69) is 153 Å². The molecule has 0 spiro atoms. The lowest BCUT2D eigenvalue weighted by atomic mass is 9.99. The highest BCUT2D eigenvalue weighted by Gasteiger charge is 2.44. The molecule has 0 saturated carbocycles. The second kappa shape index (κ2) is 59.2. The maximum Gasteiger partial charge on any atom is 0.220 e. The summed E-state index contributed by atoms with van der Waals surface area (Å²) in [6, 6.07) is -0.827. The molecule has 0 aromatic rings. The lowest BCUT2D eigenvalue weighted by Gasteiger charge is -2.40. The number of allylic oxidation sites excluding steroid dienone is 23. The van der Waals surface area contributed by atoms with Crippen molar-refractivity contribution in [3.63, 3.8) is 0 Å². The van der Waals surface area contributed by atoms with Crippen molar-refractivity contribution in [1.82, 2.24) is 5.32 Å². The number of aliphatic hydroxyl groups is 5. The maximum absolute atomic E-state index is 13.1. The van der Waals surface area contributed by atoms with Crippen molar-refractivity contribution in [2.75, 3.05) is 13.2 Å². The van der Waals surface area contributed by atoms with Gasteiger partial charge in [-0.3, -0.25) is 4.79 Å². The number of rotatable bonds is 54. The van der Waals surface area contributed by atoms with Crippen molar-refractivity contribution in [3.05, 3.63) is 146 Å². The first kappa shape index (κ1) is 75.1. The van der Waals surface area contributed by atoms with Crippen LogP contribution in [0.2, 0.25) is 0 Å². The summed E-state index contributed by atoms with van der Waals surface area (Å²) >= 11 is 0. The Labute approximate surface area is 495 Å². The third-order valence-electron chi connectivity index (χ3n) is 14.4. The SMILES string of the molecule is CC/C=C\C/C=C\C/C=C\C/C=C\C/C=C\C/C=C\C/C=C\C/C=C\C/C=C\C/C=C\C/C=C\CCCCCCCC(=O)NC(COC1OC(CO)C(O)C(O)C1O)C(O)/C=C/CCCCCCCCCCCCCCCCCCC. The number of hydrogen-bond donors (Lipinski definition) is 6. The van der Waals surface area contributed by atoms with Crippen LogP contribution in [0.1, 0.15) is 245 Å². The van der Waals surface area contributed by atoms with Crippen LogP contribution in [0.5, 0.6) is 0 Å². The minimum Gasteiger partial charge on any atom is -0.394 e. The van der Waals surface area contributed by atoms with Crippen LogP contribution in [0, 0.1) is 0 Å². The Morgan fingerprint density at radius 2 is 0.765 bits per heavy atom. The number of nitrogens with one attached hydrogen (secondary N) is 1. The molecule has 1 aliphatic heterocycles. The van der Waals surface area contributed by atoms with Crippen LogP contribution in [0.25, 0.3) is 0 Å². The van der Waals surface area contributed by atoms with Gasteiger partial charge in [-0.1, -0.05) is 282 Å². The van der Waals surface area contributed by atoms with E-state index in [1.807, 2.05) is 6.08 Å². The van der Waals surface area contributed by atoms with E-state index in [1.165, 1.54) is 96.3 Å². The highest BCUT2D eigenvalue weighted by molar-refractivity contribution is 5.76. The van der Waals surface area contributed by atoms with E-state index in [9.17, 15) is 30.3 Å². The van der Waals surface area contributed by atoms with Crippen molar-refractivity contribution in [3.8, 4) is 0 Å². The summed E-state index contributed by atoms with van der Waals surface area (Å²) in [6.07, 6.45) is 84.9. The number of carbonyl (C=O) groups excluding carboxylic acids is 1. The normalized spacial score (nSPS) is 19.4. The molecule has 0 aromatic carbocycles. The number of ether oxygens (including phenoxy) is 2. The van der Waals surface area contributed by atoms with Gasteiger partial charge in [0.05, 0.1) is 25.4 Å². The molecule has 6 N–H and O–H groups in total. The Morgan fingerprint density at radius 3 is 1.14 bits per heavy atom. The van der Waals surface area contributed by atoms with Crippen molar-refractivity contribution in [1.29, 1.82) is 0 Å². The topological polar surface area (TPSA) is 149 Å². The minimum absolute atomic E-state index is 0.200. The smallest absolute Gasteiger partial charge is 0.220 e. The van der Waals surface area contributed by atoms with Gasteiger partial charge >= 0.3 is 0 Å². The molecule has 9 nitrogen and oxygen atoms in total. The largest absolute Gasteiger partial charge is 0.394 e. The fourth-order valence-corrected chi connectivity index (χ4v) is 9.34. The van der Waals surface area contributed by atoms with Gasteiger partial charge in [-0.15, -0.1) is 0 Å². The zero-order chi connectivity index (χ0) is 58.6. The van der Waals surface area contributed by atoms with E-state index in [1.54, 1.807) is 6.08 Å². The first-order valence-electron chi connectivity index (χ1n) is 32.6. The van der Waals surface area contributed by atoms with Gasteiger partial charge in [0.25, 0.3) is 0 Å². The Balaban J connectivity index is 2.21. The molecule has 0 radical (unpaired) electrons. The van der Waals surface area contributed by atoms with E-state index in [4.69, 9.17) is 9.47 Å². The number of amides is 1. The molecule has 1 rings (SSSR count). The fourth-order valence-electron chi connectivity index (χ4n) is 9.34. The average molecular weight is 1130 g/mol. The van der Waals surface area contributed by atoms with Gasteiger partial charge < -0.3 is 40.3 Å². The molecule has 0 aliphatic carbocycles. The highest BCUT2D eigenvalue weighted by atomic mass is 16.7. The molecule has 9 heteroatoms. The van der Waals surface area contributed by atoms with Crippen molar-refractivity contribution in [2.45, 2.75) is 288 Å². The molecule has 1 fully saturated rings. The molecule has 81 heavy (non-hydrogen) atoms. The summed E-state index contributed by atoms with van der Waals surface area (Å²) in [6.45, 7) is 3.66. The van der Waals surface area contributed by atoms with E-state index in [0.29, 0.717) is 6.42 Å². The molecule has 7 unspecified atom stereocenters. The Bertz CT molecular complexity index is 1780. The van der Waals surface area contributed by atoms with E-state index < -0.39 is 49.5 Å². The summed E-state index contributed by atoms with van der Waals surface area (Å²) in [4.78, 5) is 13.1. The van der Waals surface area contributed by atoms with Gasteiger partial charge in [0, 0.05) is 6.42 Å². The lowest BCUT2D eigenvalue weighted by Crippen LogP contribution is -2.60. The van der Waals surface area contributed by atoms with E-state index in [-0.39, 0.29) is 12.5 Å². The van der Waals surface area contributed by atoms with Gasteiger partial charge in [0.1, 0.15) is 24.4 Å². The van der Waals surface area contributed by atoms with Crippen LogP contribution >= 0.6 is 0 Å². The molecular formula is C72H119NO8.